The molecule has 0 aliphatic carbocycles. The van der Waals surface area contributed by atoms with Crippen molar-refractivity contribution >= 4 is 0 Å². The second kappa shape index (κ2) is 5.88. The summed E-state index contributed by atoms with van der Waals surface area (Å²) in [5.41, 5.74) is 3.36. The summed E-state index contributed by atoms with van der Waals surface area (Å²) in [6, 6.07) is 15.9. The van der Waals surface area contributed by atoms with Gasteiger partial charge in [-0.15, -0.1) is 0 Å². The zero-order valence-corrected chi connectivity index (χ0v) is 12.4. The number of ether oxygens (including phenoxy) is 1. The van der Waals surface area contributed by atoms with Crippen molar-refractivity contribution in [2.45, 2.75) is 38.6 Å². The van der Waals surface area contributed by atoms with Crippen molar-refractivity contribution in [3.05, 3.63) is 65.2 Å². The van der Waals surface area contributed by atoms with Crippen molar-refractivity contribution in [2.75, 3.05) is 0 Å². The predicted octanol–water partition coefficient (Wildman–Crippen LogP) is 3.35. The van der Waals surface area contributed by atoms with E-state index in [1.165, 1.54) is 11.1 Å². The Balaban J connectivity index is 1.78. The number of fused-ring (bicyclic) bond motifs is 1. The molecule has 1 heterocycles. The molecule has 2 atom stereocenters. The smallest absolute Gasteiger partial charge is 0.119 e. The monoisotopic (exact) mass is 283 g/mol. The van der Waals surface area contributed by atoms with E-state index in [0.717, 1.165) is 17.9 Å². The van der Waals surface area contributed by atoms with Crippen molar-refractivity contribution < 1.29 is 9.84 Å². The normalized spacial score (nSPS) is 18.6. The van der Waals surface area contributed by atoms with E-state index in [9.17, 15) is 5.11 Å². The lowest BCUT2D eigenvalue weighted by Gasteiger charge is -2.20. The minimum absolute atomic E-state index is 0.0435. The average molecular weight is 283 g/mol. The molecule has 0 amide bonds. The molecule has 0 aromatic heterocycles. The van der Waals surface area contributed by atoms with Gasteiger partial charge in [0.1, 0.15) is 5.75 Å². The summed E-state index contributed by atoms with van der Waals surface area (Å²) < 4.78 is 5.63. The van der Waals surface area contributed by atoms with E-state index in [0.29, 0.717) is 0 Å². The van der Waals surface area contributed by atoms with Crippen LogP contribution in [-0.4, -0.2) is 11.2 Å². The van der Waals surface area contributed by atoms with Crippen LogP contribution in [0.25, 0.3) is 0 Å². The minimum Gasteiger partial charge on any atom is -0.491 e. The zero-order chi connectivity index (χ0) is 14.8. The van der Waals surface area contributed by atoms with Gasteiger partial charge in [-0.1, -0.05) is 36.4 Å². The molecule has 3 rings (SSSR count). The van der Waals surface area contributed by atoms with Crippen molar-refractivity contribution in [1.82, 2.24) is 5.32 Å². The van der Waals surface area contributed by atoms with Crippen molar-refractivity contribution in [3.63, 3.8) is 0 Å². The van der Waals surface area contributed by atoms with Crippen LogP contribution >= 0.6 is 0 Å². The maximum atomic E-state index is 10.6. The summed E-state index contributed by atoms with van der Waals surface area (Å²) in [6.07, 6.45) is -0.397. The summed E-state index contributed by atoms with van der Waals surface area (Å²) in [6.45, 7) is 4.82. The molecule has 0 spiro atoms. The summed E-state index contributed by atoms with van der Waals surface area (Å²) in [5.74, 6) is 0.834. The molecule has 0 saturated heterocycles. The topological polar surface area (TPSA) is 41.5 Å². The van der Waals surface area contributed by atoms with E-state index in [1.54, 1.807) is 0 Å². The Morgan fingerprint density at radius 3 is 2.52 bits per heavy atom. The third kappa shape index (κ3) is 2.94. The Kier molecular flexibility index (Phi) is 3.95. The highest BCUT2D eigenvalue weighted by Gasteiger charge is 2.28. The van der Waals surface area contributed by atoms with Crippen LogP contribution in [0.2, 0.25) is 0 Å². The second-order valence-corrected chi connectivity index (χ2v) is 5.74. The summed E-state index contributed by atoms with van der Waals surface area (Å²) >= 11 is 0. The van der Waals surface area contributed by atoms with Gasteiger partial charge in [-0.05, 0) is 42.7 Å². The fourth-order valence-corrected chi connectivity index (χ4v) is 2.82. The number of rotatable bonds is 4. The molecule has 0 radical (unpaired) electrons. The number of hydrogen-bond donors (Lipinski definition) is 2. The van der Waals surface area contributed by atoms with E-state index >= 15 is 0 Å². The Bertz CT molecular complexity index is 607. The first-order chi connectivity index (χ1) is 10.1. The van der Waals surface area contributed by atoms with Crippen LogP contribution < -0.4 is 10.1 Å². The summed E-state index contributed by atoms with van der Waals surface area (Å²) in [4.78, 5) is 0. The molecule has 2 aromatic rings. The van der Waals surface area contributed by atoms with Gasteiger partial charge in [0.05, 0.1) is 18.2 Å². The molecule has 1 aliphatic rings. The number of benzene rings is 2. The van der Waals surface area contributed by atoms with Crippen LogP contribution in [0.4, 0.5) is 0 Å². The first kappa shape index (κ1) is 14.1. The first-order valence-corrected chi connectivity index (χ1v) is 7.41. The number of aliphatic hydroxyl groups is 1. The molecule has 0 bridgehead atoms. The van der Waals surface area contributed by atoms with Gasteiger partial charge in [-0.25, -0.2) is 0 Å². The van der Waals surface area contributed by atoms with Crippen LogP contribution in [0.5, 0.6) is 5.75 Å². The fraction of sp³-hybridized carbons (Fsp3) is 0.333. The lowest BCUT2D eigenvalue weighted by atomic mass is 9.96. The maximum absolute atomic E-state index is 10.6. The quantitative estimate of drug-likeness (QED) is 0.904. The number of aliphatic hydroxyl groups excluding tert-OH is 1. The number of nitrogens with one attached hydrogen (secondary N) is 1. The van der Waals surface area contributed by atoms with Crippen LogP contribution in [0, 0.1) is 0 Å². The van der Waals surface area contributed by atoms with E-state index in [1.807, 2.05) is 50.2 Å². The molecule has 110 valence electrons. The zero-order valence-electron chi connectivity index (χ0n) is 12.4. The maximum Gasteiger partial charge on any atom is 0.119 e. The third-order valence-corrected chi connectivity index (χ3v) is 3.81. The van der Waals surface area contributed by atoms with Gasteiger partial charge in [-0.2, -0.15) is 0 Å². The Morgan fingerprint density at radius 2 is 1.81 bits per heavy atom. The largest absolute Gasteiger partial charge is 0.491 e. The third-order valence-electron chi connectivity index (χ3n) is 3.81. The van der Waals surface area contributed by atoms with Crippen LogP contribution in [-0.2, 0) is 6.54 Å². The second-order valence-electron chi connectivity index (χ2n) is 5.74. The molecule has 0 saturated carbocycles. The van der Waals surface area contributed by atoms with Gasteiger partial charge >= 0.3 is 0 Å². The highest BCUT2D eigenvalue weighted by molar-refractivity contribution is 5.37. The van der Waals surface area contributed by atoms with Crippen LogP contribution in [0.3, 0.4) is 0 Å². The Hall–Kier alpha value is -1.84. The average Bonchev–Trinajstić information content (AvgIpc) is 2.90. The Labute approximate surface area is 125 Å². The van der Waals surface area contributed by atoms with Gasteiger partial charge in [-0.3, -0.25) is 0 Å². The number of hydrogen-bond acceptors (Lipinski definition) is 3. The Morgan fingerprint density at radius 1 is 1.10 bits per heavy atom. The molecule has 2 unspecified atom stereocenters. The lowest BCUT2D eigenvalue weighted by Crippen LogP contribution is -2.20. The van der Waals surface area contributed by atoms with E-state index < -0.39 is 6.10 Å². The fourth-order valence-electron chi connectivity index (χ4n) is 2.82. The highest BCUT2D eigenvalue weighted by atomic mass is 16.5. The van der Waals surface area contributed by atoms with Crippen LogP contribution in [0.1, 0.15) is 42.7 Å². The summed E-state index contributed by atoms with van der Waals surface area (Å²) in [7, 11) is 0. The molecule has 1 aliphatic heterocycles. The highest BCUT2D eigenvalue weighted by Crippen LogP contribution is 2.35. The molecule has 3 nitrogen and oxygen atoms in total. The molecule has 21 heavy (non-hydrogen) atoms. The SMILES string of the molecule is CC(C)Oc1ccc(C(O)C2NCc3ccccc32)cc1. The van der Waals surface area contributed by atoms with Gasteiger partial charge < -0.3 is 15.2 Å². The van der Waals surface area contributed by atoms with Crippen molar-refractivity contribution in [2.24, 2.45) is 0 Å². The molecule has 2 aromatic carbocycles. The molecule has 2 N–H and O–H groups in total. The van der Waals surface area contributed by atoms with E-state index in [2.05, 4.69) is 17.4 Å². The van der Waals surface area contributed by atoms with Gasteiger partial charge in [0.25, 0.3) is 0 Å². The predicted molar refractivity (Wildman–Crippen MR) is 83.2 cm³/mol. The van der Waals surface area contributed by atoms with E-state index in [4.69, 9.17) is 4.74 Å². The minimum atomic E-state index is -0.554. The standard InChI is InChI=1S/C18H21NO2/c1-12(2)21-15-9-7-13(8-10-15)18(20)17-16-6-4-3-5-14(16)11-19-17/h3-10,12,17-20H,11H2,1-2H3. The van der Waals surface area contributed by atoms with E-state index in [-0.39, 0.29) is 12.1 Å². The van der Waals surface area contributed by atoms with Gasteiger partial charge in [0, 0.05) is 6.54 Å². The van der Waals surface area contributed by atoms with Gasteiger partial charge in [0.2, 0.25) is 0 Å². The van der Waals surface area contributed by atoms with Gasteiger partial charge in [0.15, 0.2) is 0 Å². The first-order valence-electron chi connectivity index (χ1n) is 7.41. The molecular weight excluding hydrogens is 262 g/mol. The van der Waals surface area contributed by atoms with Crippen LogP contribution in [0.15, 0.2) is 48.5 Å². The van der Waals surface area contributed by atoms with Crippen molar-refractivity contribution in [1.29, 1.82) is 0 Å². The molecular formula is C18H21NO2. The lowest BCUT2D eigenvalue weighted by molar-refractivity contribution is 0.133. The molecule has 3 heteroatoms. The molecule has 0 fully saturated rings. The van der Waals surface area contributed by atoms with Crippen molar-refractivity contribution in [3.8, 4) is 5.75 Å². The summed E-state index contributed by atoms with van der Waals surface area (Å²) in [5, 5.41) is 14.0.